The smallest absolute Gasteiger partial charge is 0.302 e. The van der Waals surface area contributed by atoms with Crippen LogP contribution in [0.1, 0.15) is 6.42 Å². The first-order valence-electron chi connectivity index (χ1n) is 5.52. The Labute approximate surface area is 118 Å². The molecule has 1 atom stereocenters. The number of nitrogen functional groups attached to an aromatic ring is 1. The molecular formula is C9H11FN4O4S2. The molecule has 8 nitrogen and oxygen atoms in total. The third-order valence-corrected chi connectivity index (χ3v) is 3.93. The average molecular weight is 322 g/mol. The van der Waals surface area contributed by atoms with Crippen LogP contribution in [0.3, 0.4) is 0 Å². The fraction of sp³-hybridized carbons (Fsp3) is 0.444. The molecule has 1 aromatic heterocycles. The summed E-state index contributed by atoms with van der Waals surface area (Å²) in [5.74, 6) is -2.09. The molecule has 0 aromatic carbocycles. The van der Waals surface area contributed by atoms with E-state index in [9.17, 15) is 21.9 Å². The fourth-order valence-corrected chi connectivity index (χ4v) is 3.15. The van der Waals surface area contributed by atoms with Crippen LogP contribution in [0.4, 0.5) is 15.4 Å². The maximum atomic E-state index is 12.6. The Bertz CT molecular complexity index is 769. The summed E-state index contributed by atoms with van der Waals surface area (Å²) in [6.45, 7) is -0.0973. The van der Waals surface area contributed by atoms with Crippen molar-refractivity contribution in [2.24, 2.45) is 5.92 Å². The highest BCUT2D eigenvalue weighted by molar-refractivity contribution is 7.86. The van der Waals surface area contributed by atoms with Gasteiger partial charge in [-0.05, 0) is 12.2 Å². The fourth-order valence-electron chi connectivity index (χ4n) is 2.16. The van der Waals surface area contributed by atoms with E-state index in [1.165, 1.54) is 0 Å². The Morgan fingerprint density at radius 2 is 2.05 bits per heavy atom. The van der Waals surface area contributed by atoms with Crippen molar-refractivity contribution in [1.82, 2.24) is 9.97 Å². The Hall–Kier alpha value is -1.75. The van der Waals surface area contributed by atoms with E-state index in [2.05, 4.69) is 9.97 Å². The summed E-state index contributed by atoms with van der Waals surface area (Å²) in [7, 11) is -4.68. The van der Waals surface area contributed by atoms with Crippen LogP contribution in [-0.2, 0) is 15.0 Å². The molecule has 0 radical (unpaired) electrons. The molecule has 20 heavy (non-hydrogen) atoms. The molecular weight excluding hydrogens is 311 g/mol. The van der Waals surface area contributed by atoms with E-state index >= 15 is 0 Å². The van der Waals surface area contributed by atoms with Crippen LogP contribution in [0.15, 0.2) is 4.79 Å². The van der Waals surface area contributed by atoms with E-state index in [0.29, 0.717) is 0 Å². The topological polar surface area (TPSA) is 129 Å². The molecule has 110 valence electrons. The molecule has 1 amide bonds. The number of nitrogens with two attached hydrogens (primary N) is 1. The van der Waals surface area contributed by atoms with E-state index in [-0.39, 0.29) is 29.2 Å². The standard InChI is InChI=1S/C9H11FN4O4S2/c10-20(17,18)3-4-1-5(15)14(2-4)6-7(11)12-9(19)13-8(6)16/h4H,1-3H2,(H4,11,12,13,16,19). The number of aromatic amines is 2. The molecule has 2 heterocycles. The number of nitrogens with one attached hydrogen (secondary N) is 2. The summed E-state index contributed by atoms with van der Waals surface area (Å²) >= 11 is 4.72. The first-order valence-corrected chi connectivity index (χ1v) is 7.48. The zero-order valence-electron chi connectivity index (χ0n) is 10.1. The number of aromatic nitrogens is 2. The number of hydrogen-bond donors (Lipinski definition) is 3. The molecule has 11 heteroatoms. The molecule has 1 unspecified atom stereocenters. The van der Waals surface area contributed by atoms with Crippen LogP contribution in [0.25, 0.3) is 0 Å². The molecule has 1 saturated heterocycles. The number of nitrogens with zero attached hydrogens (tertiary/aromatic N) is 1. The van der Waals surface area contributed by atoms with Crippen molar-refractivity contribution in [2.75, 3.05) is 22.9 Å². The third-order valence-electron chi connectivity index (χ3n) is 2.86. The van der Waals surface area contributed by atoms with Crippen LogP contribution in [0, 0.1) is 10.7 Å². The Morgan fingerprint density at radius 3 is 2.60 bits per heavy atom. The molecule has 0 aliphatic carbocycles. The predicted octanol–water partition coefficient (Wildman–Crippen LogP) is -0.333. The SMILES string of the molecule is Nc1[nH]c(=S)[nH]c(=O)c1N1CC(CS(=O)(=O)F)CC1=O. The normalized spacial score (nSPS) is 19.6. The highest BCUT2D eigenvalue weighted by atomic mass is 32.3. The van der Waals surface area contributed by atoms with Gasteiger partial charge in [0, 0.05) is 18.9 Å². The lowest BCUT2D eigenvalue weighted by Crippen LogP contribution is -2.32. The second kappa shape index (κ2) is 4.98. The summed E-state index contributed by atoms with van der Waals surface area (Å²) in [5.41, 5.74) is 4.81. The van der Waals surface area contributed by atoms with Gasteiger partial charge in [-0.25, -0.2) is 0 Å². The molecule has 4 N–H and O–H groups in total. The molecule has 0 spiro atoms. The summed E-state index contributed by atoms with van der Waals surface area (Å²) in [6, 6.07) is 0. The summed E-state index contributed by atoms with van der Waals surface area (Å²) < 4.78 is 33.9. The lowest BCUT2D eigenvalue weighted by Gasteiger charge is -2.16. The molecule has 1 aromatic rings. The zero-order chi connectivity index (χ0) is 15.1. The van der Waals surface area contributed by atoms with Crippen molar-refractivity contribution in [3.8, 4) is 0 Å². The van der Waals surface area contributed by atoms with E-state index < -0.39 is 33.4 Å². The Morgan fingerprint density at radius 1 is 1.40 bits per heavy atom. The van der Waals surface area contributed by atoms with Gasteiger partial charge in [0.15, 0.2) is 10.5 Å². The van der Waals surface area contributed by atoms with Crippen LogP contribution in [0.2, 0.25) is 0 Å². The number of halogens is 1. The second-order valence-corrected chi connectivity index (χ2v) is 6.27. The van der Waals surface area contributed by atoms with Gasteiger partial charge in [0.1, 0.15) is 5.82 Å². The minimum absolute atomic E-state index is 0.00535. The second-order valence-electron chi connectivity index (χ2n) is 4.45. The van der Waals surface area contributed by atoms with Crippen molar-refractivity contribution in [1.29, 1.82) is 0 Å². The van der Waals surface area contributed by atoms with Crippen molar-refractivity contribution in [3.05, 3.63) is 15.1 Å². The molecule has 0 bridgehead atoms. The maximum Gasteiger partial charge on any atom is 0.302 e. The van der Waals surface area contributed by atoms with Gasteiger partial charge in [0.25, 0.3) is 5.56 Å². The third kappa shape index (κ3) is 3.04. The van der Waals surface area contributed by atoms with Crippen molar-refractivity contribution in [2.45, 2.75) is 6.42 Å². The van der Waals surface area contributed by atoms with Gasteiger partial charge in [-0.3, -0.25) is 14.6 Å². The average Bonchev–Trinajstić information content (AvgIpc) is 2.55. The maximum absolute atomic E-state index is 12.6. The number of H-pyrrole nitrogens is 2. The van der Waals surface area contributed by atoms with E-state index in [0.717, 1.165) is 4.90 Å². The molecule has 2 rings (SSSR count). The van der Waals surface area contributed by atoms with Crippen LogP contribution in [0.5, 0.6) is 0 Å². The van der Waals surface area contributed by atoms with Gasteiger partial charge in [0.2, 0.25) is 5.91 Å². The van der Waals surface area contributed by atoms with E-state index in [1.807, 2.05) is 0 Å². The zero-order valence-corrected chi connectivity index (χ0v) is 11.7. The first-order chi connectivity index (χ1) is 9.17. The van der Waals surface area contributed by atoms with E-state index in [4.69, 9.17) is 18.0 Å². The Balaban J connectivity index is 2.34. The lowest BCUT2D eigenvalue weighted by molar-refractivity contribution is -0.117. The Kier molecular flexibility index (Phi) is 3.65. The molecule has 1 aliphatic heterocycles. The van der Waals surface area contributed by atoms with Gasteiger partial charge in [0.05, 0.1) is 5.75 Å². The van der Waals surface area contributed by atoms with Gasteiger partial charge < -0.3 is 15.6 Å². The van der Waals surface area contributed by atoms with Crippen LogP contribution >= 0.6 is 12.2 Å². The molecule has 1 fully saturated rings. The lowest BCUT2D eigenvalue weighted by atomic mass is 10.1. The van der Waals surface area contributed by atoms with Crippen molar-refractivity contribution >= 4 is 39.9 Å². The van der Waals surface area contributed by atoms with Gasteiger partial charge in [-0.15, -0.1) is 3.89 Å². The largest absolute Gasteiger partial charge is 0.383 e. The van der Waals surface area contributed by atoms with E-state index in [1.54, 1.807) is 0 Å². The first kappa shape index (κ1) is 14.7. The summed E-state index contributed by atoms with van der Waals surface area (Å²) in [6.07, 6.45) is -0.169. The minimum atomic E-state index is -4.68. The highest BCUT2D eigenvalue weighted by Gasteiger charge is 2.35. The highest BCUT2D eigenvalue weighted by Crippen LogP contribution is 2.26. The molecule has 0 saturated carbocycles. The number of carbonyl (C=O) groups is 1. The quantitative estimate of drug-likeness (QED) is 0.516. The number of amides is 1. The van der Waals surface area contributed by atoms with Crippen molar-refractivity contribution < 1.29 is 17.1 Å². The minimum Gasteiger partial charge on any atom is -0.383 e. The number of carbonyl (C=O) groups excluding carboxylic acids is 1. The molecule has 1 aliphatic rings. The van der Waals surface area contributed by atoms with Crippen LogP contribution < -0.4 is 16.2 Å². The summed E-state index contributed by atoms with van der Waals surface area (Å²) in [5, 5.41) is 0. The van der Waals surface area contributed by atoms with Crippen LogP contribution in [-0.4, -0.2) is 36.6 Å². The van der Waals surface area contributed by atoms with Crippen molar-refractivity contribution in [3.63, 3.8) is 0 Å². The predicted molar refractivity (Wildman–Crippen MR) is 72.0 cm³/mol. The number of hydrogen-bond acceptors (Lipinski definition) is 6. The van der Waals surface area contributed by atoms with Gasteiger partial charge in [-0.2, -0.15) is 8.42 Å². The monoisotopic (exact) mass is 322 g/mol. The summed E-state index contributed by atoms with van der Waals surface area (Å²) in [4.78, 5) is 29.4. The number of rotatable bonds is 3. The van der Waals surface area contributed by atoms with Gasteiger partial charge >= 0.3 is 10.2 Å². The number of anilines is 2. The van der Waals surface area contributed by atoms with Gasteiger partial charge in [-0.1, -0.05) is 0 Å².